The maximum Gasteiger partial charge on any atom is 0.328 e. The van der Waals surface area contributed by atoms with Gasteiger partial charge in [-0.15, -0.1) is 0 Å². The Hall–Kier alpha value is -2.41. The van der Waals surface area contributed by atoms with Crippen molar-refractivity contribution in [1.82, 2.24) is 19.8 Å². The molecule has 1 aromatic heterocycles. The third-order valence-electron chi connectivity index (χ3n) is 4.43. The second kappa shape index (κ2) is 6.37. The monoisotopic (exact) mass is 316 g/mol. The average molecular weight is 316 g/mol. The number of aromatic nitrogens is 2. The molecular formula is C16H20N4O3. The standard InChI is InChI=1S/C16H20N4O3/c1-19(11-6-8-17-10-11)14(21)7-9-20-13-5-3-2-4-12(13)15(22)18-16(20)23/h2-5,11,17H,6-10H2,1H3,(H,18,22,23)/t11-/m0/s1. The van der Waals surface area contributed by atoms with Crippen molar-refractivity contribution in [3.05, 3.63) is 45.1 Å². The lowest BCUT2D eigenvalue weighted by Crippen LogP contribution is -2.39. The Morgan fingerprint density at radius 2 is 2.13 bits per heavy atom. The molecule has 3 rings (SSSR count). The normalized spacial score (nSPS) is 17.5. The molecule has 1 aromatic carbocycles. The van der Waals surface area contributed by atoms with Crippen molar-refractivity contribution in [3.8, 4) is 0 Å². The number of carbonyl (C=O) groups excluding carboxylic acids is 1. The van der Waals surface area contributed by atoms with Gasteiger partial charge in [-0.3, -0.25) is 19.1 Å². The molecule has 1 aliphatic heterocycles. The fourth-order valence-electron chi connectivity index (χ4n) is 3.02. The third kappa shape index (κ3) is 3.05. The minimum absolute atomic E-state index is 0.000816. The van der Waals surface area contributed by atoms with Gasteiger partial charge in [-0.1, -0.05) is 12.1 Å². The zero-order valence-corrected chi connectivity index (χ0v) is 13.0. The Balaban J connectivity index is 1.81. The van der Waals surface area contributed by atoms with Gasteiger partial charge in [-0.25, -0.2) is 4.79 Å². The molecule has 0 radical (unpaired) electrons. The van der Waals surface area contributed by atoms with E-state index in [-0.39, 0.29) is 24.9 Å². The molecule has 0 bridgehead atoms. The second-order valence-corrected chi connectivity index (χ2v) is 5.83. The highest BCUT2D eigenvalue weighted by atomic mass is 16.2. The molecule has 1 amide bonds. The molecule has 0 spiro atoms. The number of nitrogens with one attached hydrogen (secondary N) is 2. The fraction of sp³-hybridized carbons (Fsp3) is 0.438. The summed E-state index contributed by atoms with van der Waals surface area (Å²) in [5.41, 5.74) is -0.326. The summed E-state index contributed by atoms with van der Waals surface area (Å²) in [7, 11) is 1.80. The van der Waals surface area contributed by atoms with Crippen LogP contribution in [-0.2, 0) is 11.3 Å². The first-order valence-electron chi connectivity index (χ1n) is 7.76. The first kappa shape index (κ1) is 15.5. The molecule has 1 saturated heterocycles. The van der Waals surface area contributed by atoms with E-state index < -0.39 is 11.2 Å². The summed E-state index contributed by atoms with van der Waals surface area (Å²) < 4.78 is 1.45. The predicted molar refractivity (Wildman–Crippen MR) is 87.5 cm³/mol. The smallest absolute Gasteiger partial charge is 0.328 e. The number of H-pyrrole nitrogens is 1. The molecular weight excluding hydrogens is 296 g/mol. The van der Waals surface area contributed by atoms with Crippen LogP contribution in [0.1, 0.15) is 12.8 Å². The van der Waals surface area contributed by atoms with Gasteiger partial charge in [0.2, 0.25) is 5.91 Å². The molecule has 2 N–H and O–H groups in total. The molecule has 1 fully saturated rings. The van der Waals surface area contributed by atoms with Crippen LogP contribution >= 0.6 is 0 Å². The summed E-state index contributed by atoms with van der Waals surface area (Å²) in [4.78, 5) is 40.3. The van der Waals surface area contributed by atoms with Gasteiger partial charge in [0.05, 0.1) is 10.9 Å². The lowest BCUT2D eigenvalue weighted by molar-refractivity contribution is -0.131. The van der Waals surface area contributed by atoms with Crippen LogP contribution in [0.3, 0.4) is 0 Å². The molecule has 122 valence electrons. The maximum atomic E-state index is 12.3. The first-order chi connectivity index (χ1) is 11.1. The van der Waals surface area contributed by atoms with Gasteiger partial charge < -0.3 is 10.2 Å². The van der Waals surface area contributed by atoms with Gasteiger partial charge in [0.1, 0.15) is 0 Å². The number of amides is 1. The minimum atomic E-state index is -0.480. The van der Waals surface area contributed by atoms with E-state index in [0.717, 1.165) is 19.5 Å². The highest BCUT2D eigenvalue weighted by molar-refractivity contribution is 5.79. The molecule has 2 aromatic rings. The molecule has 23 heavy (non-hydrogen) atoms. The van der Waals surface area contributed by atoms with E-state index >= 15 is 0 Å². The van der Waals surface area contributed by atoms with Crippen LogP contribution in [0, 0.1) is 0 Å². The molecule has 7 heteroatoms. The highest BCUT2D eigenvalue weighted by Gasteiger charge is 2.23. The van der Waals surface area contributed by atoms with Crippen molar-refractivity contribution >= 4 is 16.8 Å². The summed E-state index contributed by atoms with van der Waals surface area (Å²) in [6.07, 6.45) is 1.17. The van der Waals surface area contributed by atoms with Crippen molar-refractivity contribution < 1.29 is 4.79 Å². The van der Waals surface area contributed by atoms with Crippen LogP contribution < -0.4 is 16.6 Å². The number of para-hydroxylation sites is 1. The summed E-state index contributed by atoms with van der Waals surface area (Å²) in [6.45, 7) is 1.98. The zero-order chi connectivity index (χ0) is 16.4. The Labute approximate surface area is 132 Å². The Kier molecular flexibility index (Phi) is 4.29. The number of hydrogen-bond donors (Lipinski definition) is 2. The van der Waals surface area contributed by atoms with E-state index in [1.54, 1.807) is 36.2 Å². The van der Waals surface area contributed by atoms with Crippen molar-refractivity contribution in [3.63, 3.8) is 0 Å². The Morgan fingerprint density at radius 3 is 2.87 bits per heavy atom. The molecule has 0 unspecified atom stereocenters. The lowest BCUT2D eigenvalue weighted by atomic mass is 10.2. The molecule has 7 nitrogen and oxygen atoms in total. The van der Waals surface area contributed by atoms with E-state index in [0.29, 0.717) is 10.9 Å². The first-order valence-corrected chi connectivity index (χ1v) is 7.76. The number of fused-ring (bicyclic) bond motifs is 1. The van der Waals surface area contributed by atoms with E-state index in [4.69, 9.17) is 0 Å². The number of rotatable bonds is 4. The number of aryl methyl sites for hydroxylation is 1. The van der Waals surface area contributed by atoms with Gasteiger partial charge >= 0.3 is 5.69 Å². The second-order valence-electron chi connectivity index (χ2n) is 5.83. The van der Waals surface area contributed by atoms with Crippen LogP contribution in [0.15, 0.2) is 33.9 Å². The molecule has 1 atom stereocenters. The molecule has 0 saturated carbocycles. The van der Waals surface area contributed by atoms with Crippen LogP contribution in [0.4, 0.5) is 0 Å². The SMILES string of the molecule is CN(C(=O)CCn1c(=O)[nH]c(=O)c2ccccc21)[C@H]1CCNC1. The van der Waals surface area contributed by atoms with Crippen molar-refractivity contribution in [2.75, 3.05) is 20.1 Å². The summed E-state index contributed by atoms with van der Waals surface area (Å²) in [6, 6.07) is 7.13. The quantitative estimate of drug-likeness (QED) is 0.825. The van der Waals surface area contributed by atoms with E-state index in [2.05, 4.69) is 10.3 Å². The molecule has 1 aliphatic rings. The maximum absolute atomic E-state index is 12.3. The van der Waals surface area contributed by atoms with Gasteiger partial charge in [-0.2, -0.15) is 0 Å². The fourth-order valence-corrected chi connectivity index (χ4v) is 3.02. The summed E-state index contributed by atoms with van der Waals surface area (Å²) in [5, 5.41) is 3.68. The number of likely N-dealkylation sites (N-methyl/N-ethyl adjacent to an activating group) is 1. The number of benzene rings is 1. The Bertz CT molecular complexity index is 833. The average Bonchev–Trinajstić information content (AvgIpc) is 3.08. The van der Waals surface area contributed by atoms with E-state index in [1.807, 2.05) is 0 Å². The van der Waals surface area contributed by atoms with Crippen LogP contribution in [-0.4, -0.2) is 46.5 Å². The number of hydrogen-bond acceptors (Lipinski definition) is 4. The van der Waals surface area contributed by atoms with Crippen LogP contribution in [0.2, 0.25) is 0 Å². The lowest BCUT2D eigenvalue weighted by Gasteiger charge is -2.24. The van der Waals surface area contributed by atoms with E-state index in [9.17, 15) is 14.4 Å². The van der Waals surface area contributed by atoms with Gasteiger partial charge in [-0.05, 0) is 25.1 Å². The van der Waals surface area contributed by atoms with E-state index in [1.165, 1.54) is 4.57 Å². The largest absolute Gasteiger partial charge is 0.341 e. The highest BCUT2D eigenvalue weighted by Crippen LogP contribution is 2.10. The third-order valence-corrected chi connectivity index (χ3v) is 4.43. The number of carbonyl (C=O) groups is 1. The topological polar surface area (TPSA) is 87.2 Å². The van der Waals surface area contributed by atoms with Crippen LogP contribution in [0.5, 0.6) is 0 Å². The van der Waals surface area contributed by atoms with Crippen LogP contribution in [0.25, 0.3) is 10.9 Å². The van der Waals surface area contributed by atoms with Gasteiger partial charge in [0.25, 0.3) is 5.56 Å². The van der Waals surface area contributed by atoms with Crippen molar-refractivity contribution in [2.45, 2.75) is 25.4 Å². The number of nitrogens with zero attached hydrogens (tertiary/aromatic N) is 2. The summed E-state index contributed by atoms with van der Waals surface area (Å²) in [5.74, 6) is 0.000816. The molecule has 0 aliphatic carbocycles. The molecule has 2 heterocycles. The Morgan fingerprint density at radius 1 is 1.35 bits per heavy atom. The van der Waals surface area contributed by atoms with Crippen molar-refractivity contribution in [2.24, 2.45) is 0 Å². The zero-order valence-electron chi connectivity index (χ0n) is 13.0. The number of aromatic amines is 1. The van der Waals surface area contributed by atoms with Gasteiger partial charge in [0.15, 0.2) is 0 Å². The predicted octanol–water partition coefficient (Wildman–Crippen LogP) is -0.0998. The van der Waals surface area contributed by atoms with Crippen molar-refractivity contribution in [1.29, 1.82) is 0 Å². The van der Waals surface area contributed by atoms with Gasteiger partial charge in [0, 0.05) is 32.6 Å². The minimum Gasteiger partial charge on any atom is -0.341 e. The summed E-state index contributed by atoms with van der Waals surface area (Å²) >= 11 is 0.